The van der Waals surface area contributed by atoms with Gasteiger partial charge < -0.3 is 4.42 Å². The van der Waals surface area contributed by atoms with Crippen LogP contribution in [0.25, 0.3) is 17.2 Å². The normalized spacial score (nSPS) is 10.9. The summed E-state index contributed by atoms with van der Waals surface area (Å²) in [5.74, 6) is 1.30. The van der Waals surface area contributed by atoms with Crippen LogP contribution in [0.5, 0.6) is 0 Å². The highest BCUT2D eigenvalue weighted by Gasteiger charge is 2.06. The SMILES string of the molecule is c1coc(-c2nc3ccccn3n2)c1. The van der Waals surface area contributed by atoms with Crippen molar-refractivity contribution < 1.29 is 4.42 Å². The first-order valence-electron chi connectivity index (χ1n) is 4.29. The van der Waals surface area contributed by atoms with Crippen molar-refractivity contribution in [2.75, 3.05) is 0 Å². The highest BCUT2D eigenvalue weighted by atomic mass is 16.3. The molecule has 0 fully saturated rings. The Morgan fingerprint density at radius 1 is 1.14 bits per heavy atom. The first-order valence-corrected chi connectivity index (χ1v) is 4.29. The number of fused-ring (bicyclic) bond motifs is 1. The molecule has 0 saturated carbocycles. The molecule has 0 aliphatic heterocycles. The van der Waals surface area contributed by atoms with Gasteiger partial charge in [-0.05, 0) is 24.3 Å². The molecule has 0 bridgehead atoms. The molecule has 4 heteroatoms. The third-order valence-corrected chi connectivity index (χ3v) is 1.98. The van der Waals surface area contributed by atoms with Crippen LogP contribution < -0.4 is 0 Å². The summed E-state index contributed by atoms with van der Waals surface area (Å²) in [5.41, 5.74) is 0.818. The number of hydrogen-bond acceptors (Lipinski definition) is 3. The Morgan fingerprint density at radius 3 is 2.93 bits per heavy atom. The lowest BCUT2D eigenvalue weighted by Gasteiger charge is -1.85. The molecule has 0 atom stereocenters. The Bertz CT molecular complexity index is 521. The van der Waals surface area contributed by atoms with E-state index >= 15 is 0 Å². The maximum atomic E-state index is 5.21. The molecule has 3 aromatic rings. The zero-order valence-corrected chi connectivity index (χ0v) is 7.29. The standard InChI is InChI=1S/C10H7N3O/c1-2-6-13-9(5-1)11-10(12-13)8-4-3-7-14-8/h1-7H. The number of aromatic nitrogens is 3. The summed E-state index contributed by atoms with van der Waals surface area (Å²) < 4.78 is 6.93. The predicted molar refractivity (Wildman–Crippen MR) is 50.7 cm³/mol. The Balaban J connectivity index is 2.24. The van der Waals surface area contributed by atoms with Crippen LogP contribution in [0.2, 0.25) is 0 Å². The molecule has 0 aliphatic rings. The molecule has 68 valence electrons. The molecule has 3 aromatic heterocycles. The molecule has 3 rings (SSSR count). The number of rotatable bonds is 1. The van der Waals surface area contributed by atoms with E-state index in [-0.39, 0.29) is 0 Å². The lowest BCUT2D eigenvalue weighted by Crippen LogP contribution is -1.83. The van der Waals surface area contributed by atoms with Crippen molar-refractivity contribution in [1.82, 2.24) is 14.6 Å². The second-order valence-corrected chi connectivity index (χ2v) is 2.92. The van der Waals surface area contributed by atoms with Crippen molar-refractivity contribution in [3.8, 4) is 11.6 Å². The van der Waals surface area contributed by atoms with Gasteiger partial charge in [0, 0.05) is 6.20 Å². The molecule has 0 unspecified atom stereocenters. The second kappa shape index (κ2) is 2.70. The maximum absolute atomic E-state index is 5.21. The van der Waals surface area contributed by atoms with Crippen molar-refractivity contribution in [2.45, 2.75) is 0 Å². The second-order valence-electron chi connectivity index (χ2n) is 2.92. The monoisotopic (exact) mass is 185 g/mol. The zero-order chi connectivity index (χ0) is 9.38. The first kappa shape index (κ1) is 7.32. The molecular weight excluding hydrogens is 178 g/mol. The summed E-state index contributed by atoms with van der Waals surface area (Å²) in [4.78, 5) is 4.31. The first-order chi connectivity index (χ1) is 6.93. The van der Waals surface area contributed by atoms with Crippen molar-refractivity contribution >= 4 is 5.65 Å². The Labute approximate surface area is 79.8 Å². The summed E-state index contributed by atoms with van der Waals surface area (Å²) in [6.45, 7) is 0. The molecule has 0 aromatic carbocycles. The molecule has 0 N–H and O–H groups in total. The van der Waals surface area contributed by atoms with Crippen LogP contribution in [0.3, 0.4) is 0 Å². The van der Waals surface area contributed by atoms with Crippen molar-refractivity contribution in [1.29, 1.82) is 0 Å². The van der Waals surface area contributed by atoms with Gasteiger partial charge in [-0.3, -0.25) is 0 Å². The fraction of sp³-hybridized carbons (Fsp3) is 0. The highest BCUT2D eigenvalue weighted by molar-refractivity contribution is 5.51. The minimum Gasteiger partial charge on any atom is -0.461 e. The third kappa shape index (κ3) is 1.01. The number of nitrogens with zero attached hydrogens (tertiary/aromatic N) is 3. The predicted octanol–water partition coefficient (Wildman–Crippen LogP) is 1.99. The molecule has 0 radical (unpaired) electrons. The van der Waals surface area contributed by atoms with E-state index in [2.05, 4.69) is 10.1 Å². The quantitative estimate of drug-likeness (QED) is 0.582. The van der Waals surface area contributed by atoms with Gasteiger partial charge in [0.05, 0.1) is 6.26 Å². The summed E-state index contributed by atoms with van der Waals surface area (Å²) in [7, 11) is 0. The van der Waals surface area contributed by atoms with E-state index in [1.165, 1.54) is 0 Å². The molecule has 0 spiro atoms. The average Bonchev–Trinajstić information content (AvgIpc) is 2.86. The van der Waals surface area contributed by atoms with Crippen LogP contribution in [-0.4, -0.2) is 14.6 Å². The van der Waals surface area contributed by atoms with E-state index < -0.39 is 0 Å². The van der Waals surface area contributed by atoms with E-state index in [0.717, 1.165) is 5.65 Å². The van der Waals surface area contributed by atoms with Gasteiger partial charge >= 0.3 is 0 Å². The lowest BCUT2D eigenvalue weighted by molar-refractivity contribution is 0.577. The van der Waals surface area contributed by atoms with Gasteiger partial charge in [-0.15, -0.1) is 5.10 Å². The van der Waals surface area contributed by atoms with Gasteiger partial charge in [-0.2, -0.15) is 0 Å². The van der Waals surface area contributed by atoms with Crippen LogP contribution in [0, 0.1) is 0 Å². The molecule has 0 aliphatic carbocycles. The Hall–Kier alpha value is -2.10. The van der Waals surface area contributed by atoms with E-state index in [0.29, 0.717) is 11.6 Å². The van der Waals surface area contributed by atoms with Gasteiger partial charge in [0.2, 0.25) is 5.82 Å². The number of furan rings is 1. The summed E-state index contributed by atoms with van der Waals surface area (Å²) in [6.07, 6.45) is 3.47. The molecule has 3 heterocycles. The molecule has 0 saturated heterocycles. The van der Waals surface area contributed by atoms with E-state index in [4.69, 9.17) is 4.42 Å². The van der Waals surface area contributed by atoms with E-state index in [1.807, 2.05) is 36.5 Å². The fourth-order valence-corrected chi connectivity index (χ4v) is 1.34. The average molecular weight is 185 g/mol. The van der Waals surface area contributed by atoms with Gasteiger partial charge in [0.15, 0.2) is 11.4 Å². The zero-order valence-electron chi connectivity index (χ0n) is 7.29. The van der Waals surface area contributed by atoms with Gasteiger partial charge in [-0.1, -0.05) is 6.07 Å². The minimum atomic E-state index is 0.612. The topological polar surface area (TPSA) is 43.3 Å². The van der Waals surface area contributed by atoms with Crippen LogP contribution in [-0.2, 0) is 0 Å². The molecule has 14 heavy (non-hydrogen) atoms. The van der Waals surface area contributed by atoms with Gasteiger partial charge in [0.25, 0.3) is 0 Å². The lowest BCUT2D eigenvalue weighted by atomic mass is 10.4. The highest BCUT2D eigenvalue weighted by Crippen LogP contribution is 2.15. The number of hydrogen-bond donors (Lipinski definition) is 0. The Kier molecular flexibility index (Phi) is 1.41. The fourth-order valence-electron chi connectivity index (χ4n) is 1.34. The summed E-state index contributed by atoms with van der Waals surface area (Å²) in [5, 5.41) is 4.27. The minimum absolute atomic E-state index is 0.612. The molecular formula is C10H7N3O. The van der Waals surface area contributed by atoms with Gasteiger partial charge in [-0.25, -0.2) is 9.50 Å². The maximum Gasteiger partial charge on any atom is 0.217 e. The number of pyridine rings is 1. The van der Waals surface area contributed by atoms with Crippen LogP contribution in [0.15, 0.2) is 47.2 Å². The summed E-state index contributed by atoms with van der Waals surface area (Å²) in [6, 6.07) is 9.40. The van der Waals surface area contributed by atoms with E-state index in [9.17, 15) is 0 Å². The molecule has 0 amide bonds. The van der Waals surface area contributed by atoms with Crippen molar-refractivity contribution in [2.24, 2.45) is 0 Å². The van der Waals surface area contributed by atoms with Crippen LogP contribution in [0.1, 0.15) is 0 Å². The third-order valence-electron chi connectivity index (χ3n) is 1.98. The van der Waals surface area contributed by atoms with Gasteiger partial charge in [0.1, 0.15) is 0 Å². The van der Waals surface area contributed by atoms with E-state index in [1.54, 1.807) is 10.8 Å². The van der Waals surface area contributed by atoms with Crippen LogP contribution in [0.4, 0.5) is 0 Å². The van der Waals surface area contributed by atoms with Crippen molar-refractivity contribution in [3.63, 3.8) is 0 Å². The molecule has 4 nitrogen and oxygen atoms in total. The Morgan fingerprint density at radius 2 is 2.14 bits per heavy atom. The summed E-state index contributed by atoms with van der Waals surface area (Å²) >= 11 is 0. The van der Waals surface area contributed by atoms with Crippen molar-refractivity contribution in [3.05, 3.63) is 42.8 Å². The smallest absolute Gasteiger partial charge is 0.217 e. The largest absolute Gasteiger partial charge is 0.461 e. The van der Waals surface area contributed by atoms with Crippen LogP contribution >= 0.6 is 0 Å².